The normalized spacial score (nSPS) is 12.6. The predicted molar refractivity (Wildman–Crippen MR) is 573 cm³/mol. The fourth-order valence-corrected chi connectivity index (χ4v) is 16.9. The van der Waals surface area contributed by atoms with Gasteiger partial charge in [0.15, 0.2) is 40.7 Å². The van der Waals surface area contributed by atoms with Crippen molar-refractivity contribution in [2.24, 2.45) is 110 Å². The molecule has 0 heterocycles. The van der Waals surface area contributed by atoms with Crippen molar-refractivity contribution in [2.45, 2.75) is 333 Å². The van der Waals surface area contributed by atoms with Crippen molar-refractivity contribution in [3.63, 3.8) is 0 Å². The van der Waals surface area contributed by atoms with Crippen molar-refractivity contribution >= 4 is 89.7 Å². The Morgan fingerprint density at radius 3 is 1.25 bits per heavy atom. The minimum atomic E-state index is -3.86. The zero-order valence-electron chi connectivity index (χ0n) is 87.2. The van der Waals surface area contributed by atoms with E-state index >= 15 is 0 Å². The average molecular weight is 1920 g/mol. The van der Waals surface area contributed by atoms with E-state index in [1.165, 1.54) is 69.6 Å². The summed E-state index contributed by atoms with van der Waals surface area (Å²) in [6, 6.07) is 44.3. The lowest BCUT2D eigenvalue weighted by atomic mass is 9.85. The van der Waals surface area contributed by atoms with Gasteiger partial charge in [-0.3, -0.25) is 53.0 Å². The molecule has 0 radical (unpaired) electrons. The van der Waals surface area contributed by atoms with Crippen molar-refractivity contribution in [2.75, 3.05) is 65.4 Å². The molecule has 0 fully saturated rings. The predicted octanol–water partition coefficient (Wildman–Crippen LogP) is 17.8. The number of amides is 1. The molecule has 0 aliphatic heterocycles. The third-order valence-corrected chi connectivity index (χ3v) is 25.4. The number of carbonyl (C=O) groups is 9. The van der Waals surface area contributed by atoms with Crippen molar-refractivity contribution < 1.29 is 51.6 Å². The van der Waals surface area contributed by atoms with E-state index in [1.807, 2.05) is 198 Å². The first-order valence-electron chi connectivity index (χ1n) is 51.3. The van der Waals surface area contributed by atoms with E-state index in [4.69, 9.17) is 57.3 Å². The van der Waals surface area contributed by atoms with Crippen LogP contribution < -0.4 is 62.7 Å². The molecular weight excluding hydrogens is 1740 g/mol. The molecule has 26 heteroatoms. The molecule has 6 aromatic rings. The number of fused-ring (bicyclic) bond motifs is 2. The summed E-state index contributed by atoms with van der Waals surface area (Å²) >= 11 is 0. The number of nitrogens with two attached hydrogens (primary N) is 10. The fraction of sp³-hybridized carbons (Fsp3) is 0.622. The lowest BCUT2D eigenvalue weighted by Crippen LogP contribution is -2.50. The van der Waals surface area contributed by atoms with Crippen LogP contribution in [0.4, 0.5) is 0 Å². The van der Waals surface area contributed by atoms with Gasteiger partial charge in [0.1, 0.15) is 11.6 Å². The van der Waals surface area contributed by atoms with Crippen LogP contribution in [0.2, 0.25) is 0 Å². The van der Waals surface area contributed by atoms with Gasteiger partial charge in [-0.1, -0.05) is 341 Å². The number of nitrogens with zero attached hydrogens (tertiary/aromatic N) is 3. The molecule has 0 aromatic heterocycles. The summed E-state index contributed by atoms with van der Waals surface area (Å²) in [5.74, 6) is 0.681. The van der Waals surface area contributed by atoms with Gasteiger partial charge in [0.25, 0.3) is 0 Å². The Morgan fingerprint density at radius 1 is 0.394 bits per heavy atom. The molecule has 0 saturated carbocycles. The molecule has 6 atom stereocenters. The zero-order valence-corrected chi connectivity index (χ0v) is 88.0. The molecule has 0 aliphatic rings. The number of guanidine groups is 1. The van der Waals surface area contributed by atoms with Crippen molar-refractivity contribution in [3.8, 4) is 0 Å². The van der Waals surface area contributed by atoms with Crippen molar-refractivity contribution in [1.82, 2.24) is 14.5 Å². The van der Waals surface area contributed by atoms with Gasteiger partial charge >= 0.3 is 0 Å². The number of Topliss-reactive ketones (excluding diaryl/α,β-unsaturated/α-hetero) is 8. The van der Waals surface area contributed by atoms with Crippen LogP contribution in [0.1, 0.15) is 322 Å². The van der Waals surface area contributed by atoms with Gasteiger partial charge in [0.05, 0.1) is 36.5 Å². The van der Waals surface area contributed by atoms with Gasteiger partial charge in [0.2, 0.25) is 15.9 Å². The second-order valence-electron chi connectivity index (χ2n) is 38.4. The molecule has 21 N–H and O–H groups in total. The lowest BCUT2D eigenvalue weighted by molar-refractivity contribution is -0.129. The van der Waals surface area contributed by atoms with E-state index < -0.39 is 34.6 Å². The lowest BCUT2D eigenvalue weighted by Gasteiger charge is -2.31. The van der Waals surface area contributed by atoms with Gasteiger partial charge in [0, 0.05) is 117 Å². The van der Waals surface area contributed by atoms with Crippen LogP contribution >= 0.6 is 0 Å². The van der Waals surface area contributed by atoms with Crippen LogP contribution in [0, 0.1) is 47.3 Å². The number of unbranched alkanes of at least 4 members (excludes halogenated alkanes) is 15. The van der Waals surface area contributed by atoms with Gasteiger partial charge < -0.3 is 62.7 Å². The Labute approximate surface area is 826 Å². The van der Waals surface area contributed by atoms with E-state index in [0.29, 0.717) is 88.3 Å². The molecule has 0 aliphatic carbocycles. The van der Waals surface area contributed by atoms with Crippen molar-refractivity contribution in [3.05, 3.63) is 168 Å². The third kappa shape index (κ3) is 59.0. The maximum Gasteiger partial charge on any atom is 0.235 e. The smallest absolute Gasteiger partial charge is 0.235 e. The average Bonchev–Trinajstić information content (AvgIpc) is 0.845. The first-order valence-corrected chi connectivity index (χ1v) is 52.9. The molecule has 0 bridgehead atoms. The second kappa shape index (κ2) is 77.3. The molecule has 1 amide bonds. The standard InChI is InChI=1S/C27H40N4O4S.C22H28O2.C17H34O.C14H14O.C13H30N4O.C9H20N4O.C9H20N2O/c1-21(2)27(33)25(15-9-10-16-28)30-26(32)19-31(18-24(29)17-22-11-5-3-6-12-22)36(34,35)20-23-13-7-4-8-14-23;1-4-5-6-11-20(22(24)16(2)3)15-21(23)19-13-12-17-9-7-8-10-18(17)14-19;1-4-5-6-7-8-9-10-11-12-13-14-15-17(18)16(2)3;1-10(2)14(15)13-8-7-11-5-3-4-6-12(11)9-13;1-11(2)13(18)12(5-3-4-6-14)17(9-7-15)10-8-16;1-6(2)8(14)7(10)4-3-5-13-9(11)12;1-7(2)9(12)8(11)5-3-4-6-10/h3-8,11-14,21,24-25H,9-10,15-20,28-29H2,1-2H3,(H,30,32);7-10,12-14,16,20H,4-6,11,15H2,1-3H3;16H,4-15H2,1-3H3;3-10H,1-2H3;11-12H,3-10,14-16H2,1-2H3;6-7H,3-5,10H2,1-2H3,(H4,11,12,13);7-8H,3-6,10-11H2,1-2H3. The number of hydrogen-bond donors (Lipinski definition) is 11. The number of nitrogens with one attached hydrogen (secondary N) is 1. The summed E-state index contributed by atoms with van der Waals surface area (Å²) in [5.41, 5.74) is 58.7. The SMILES string of the molecule is CC(C)C(=O)C(CCCCN)N(CCN)CCN.CC(C)C(=O)C(CCCCN)NC(=O)CN(CC(N)Cc1ccccc1)S(=O)(=O)Cc1ccccc1.CC(C)C(=O)C(N)CCCCN.CC(C)C(=O)C(N)CCCN=C(N)N.CC(C)C(=O)c1ccc2ccccc2c1.CCCCCC(CC(=O)c1ccc2ccccc2c1)C(=O)C(C)C.CCCCCCCCCCCCCC(=O)C(C)C. The second-order valence-corrected chi connectivity index (χ2v) is 40.4. The van der Waals surface area contributed by atoms with Gasteiger partial charge in [-0.2, -0.15) is 4.31 Å². The summed E-state index contributed by atoms with van der Waals surface area (Å²) in [5, 5.41) is 7.28. The maximum absolute atomic E-state index is 13.4. The first kappa shape index (κ1) is 128. The molecule has 25 nitrogen and oxygen atoms in total. The summed E-state index contributed by atoms with van der Waals surface area (Å²) < 4.78 is 27.9. The summed E-state index contributed by atoms with van der Waals surface area (Å²) in [6.07, 6.45) is 29.3. The highest BCUT2D eigenvalue weighted by Gasteiger charge is 2.32. The van der Waals surface area contributed by atoms with Crippen LogP contribution in [-0.2, 0) is 55.8 Å². The van der Waals surface area contributed by atoms with Gasteiger partial charge in [-0.25, -0.2) is 8.42 Å². The van der Waals surface area contributed by atoms with Crippen LogP contribution in [0.25, 0.3) is 21.5 Å². The molecular formula is C111H186N14O11S. The highest BCUT2D eigenvalue weighted by atomic mass is 32.2. The third-order valence-electron chi connectivity index (χ3n) is 23.6. The van der Waals surface area contributed by atoms with E-state index in [1.54, 1.807) is 38.1 Å². The minimum absolute atomic E-state index is 0.00641. The number of sulfonamides is 1. The zero-order chi connectivity index (χ0) is 103. The van der Waals surface area contributed by atoms with E-state index in [9.17, 15) is 51.6 Å². The fourth-order valence-electron chi connectivity index (χ4n) is 15.4. The molecule has 6 rings (SSSR count). The Morgan fingerprint density at radius 2 is 0.803 bits per heavy atom. The van der Waals surface area contributed by atoms with E-state index in [2.05, 4.69) is 35.1 Å². The molecule has 0 saturated heterocycles. The highest BCUT2D eigenvalue weighted by Crippen LogP contribution is 2.26. The van der Waals surface area contributed by atoms with Gasteiger partial charge in [-0.05, 0) is 141 Å². The van der Waals surface area contributed by atoms with Crippen LogP contribution in [0.3, 0.4) is 0 Å². The monoisotopic (exact) mass is 1920 g/mol. The molecule has 6 unspecified atom stereocenters. The molecule has 137 heavy (non-hydrogen) atoms. The highest BCUT2D eigenvalue weighted by molar-refractivity contribution is 7.88. The quantitative estimate of drug-likeness (QED) is 0.00731. The largest absolute Gasteiger partial charge is 0.370 e. The van der Waals surface area contributed by atoms with Crippen LogP contribution in [-0.4, -0.2) is 171 Å². The topological polar surface area (TPSA) is 479 Å². The number of ketones is 8. The number of benzene rings is 6. The van der Waals surface area contributed by atoms with Gasteiger partial charge in [-0.15, -0.1) is 0 Å². The van der Waals surface area contributed by atoms with E-state index in [0.717, 1.165) is 135 Å². The summed E-state index contributed by atoms with van der Waals surface area (Å²) in [7, 11) is -3.86. The molecule has 0 spiro atoms. The summed E-state index contributed by atoms with van der Waals surface area (Å²) in [6.45, 7) is 35.6. The van der Waals surface area contributed by atoms with Crippen LogP contribution in [0.5, 0.6) is 0 Å². The van der Waals surface area contributed by atoms with Crippen molar-refractivity contribution in [1.29, 1.82) is 0 Å². The number of rotatable bonds is 63. The number of carbonyl (C=O) groups excluding carboxylic acids is 9. The minimum Gasteiger partial charge on any atom is -0.370 e. The molecule has 6 aromatic carbocycles. The number of hydrogen-bond acceptors (Lipinski definition) is 21. The Bertz CT molecular complexity index is 4420. The number of aliphatic imine (C=N–C) groups is 1. The summed E-state index contributed by atoms with van der Waals surface area (Å²) in [4.78, 5) is 115. The Kier molecular flexibility index (Phi) is 72.5. The Balaban J connectivity index is 0.00000163. The Hall–Kier alpha value is -8.51. The molecule has 772 valence electrons. The maximum atomic E-state index is 13.4. The van der Waals surface area contributed by atoms with Crippen LogP contribution in [0.15, 0.2) is 151 Å². The van der Waals surface area contributed by atoms with E-state index in [-0.39, 0.29) is 124 Å². The first-order chi connectivity index (χ1) is 65.1.